The van der Waals surface area contributed by atoms with Crippen LogP contribution in [0.4, 0.5) is 0 Å². The van der Waals surface area contributed by atoms with E-state index in [9.17, 15) is 4.79 Å². The van der Waals surface area contributed by atoms with Crippen molar-refractivity contribution in [3.05, 3.63) is 48.0 Å². The molecule has 1 fully saturated rings. The molecule has 0 N–H and O–H groups in total. The van der Waals surface area contributed by atoms with Crippen molar-refractivity contribution in [2.75, 3.05) is 0 Å². The number of hydrogen-bond donors (Lipinski definition) is 0. The first-order chi connectivity index (χ1) is 7.36. The third-order valence-corrected chi connectivity index (χ3v) is 2.70. The maximum Gasteiger partial charge on any atom is 0.158 e. The standard InChI is InChI=1S/C14H16O/c15-14(13-10-11-13)9-5-4-8-12-6-2-1-3-7-12/h1-3,5-7,9,13H,4,8,10-11H2. The maximum atomic E-state index is 11.3. The molecule has 1 aromatic rings. The smallest absolute Gasteiger partial charge is 0.158 e. The lowest BCUT2D eigenvalue weighted by molar-refractivity contribution is -0.115. The van der Waals surface area contributed by atoms with Crippen LogP contribution in [0.2, 0.25) is 0 Å². The second kappa shape index (κ2) is 4.92. The monoisotopic (exact) mass is 200 g/mol. The summed E-state index contributed by atoms with van der Waals surface area (Å²) in [4.78, 5) is 11.3. The van der Waals surface area contributed by atoms with E-state index in [0.29, 0.717) is 11.7 Å². The normalized spacial score (nSPS) is 15.7. The lowest BCUT2D eigenvalue weighted by atomic mass is 10.1. The van der Waals surface area contributed by atoms with Gasteiger partial charge in [-0.2, -0.15) is 0 Å². The molecule has 0 radical (unpaired) electrons. The Morgan fingerprint density at radius 3 is 2.67 bits per heavy atom. The molecular formula is C14H16O. The van der Waals surface area contributed by atoms with E-state index < -0.39 is 0 Å². The first-order valence-corrected chi connectivity index (χ1v) is 5.60. The van der Waals surface area contributed by atoms with E-state index in [1.807, 2.05) is 24.3 Å². The molecule has 0 heterocycles. The van der Waals surface area contributed by atoms with Gasteiger partial charge in [-0.25, -0.2) is 0 Å². The van der Waals surface area contributed by atoms with Crippen molar-refractivity contribution in [2.45, 2.75) is 25.7 Å². The zero-order valence-electron chi connectivity index (χ0n) is 8.86. The van der Waals surface area contributed by atoms with Gasteiger partial charge in [0.15, 0.2) is 5.78 Å². The van der Waals surface area contributed by atoms with E-state index >= 15 is 0 Å². The average Bonchev–Trinajstić information content (AvgIpc) is 3.09. The van der Waals surface area contributed by atoms with Crippen molar-refractivity contribution in [2.24, 2.45) is 5.92 Å². The predicted octanol–water partition coefficient (Wildman–Crippen LogP) is 3.15. The summed E-state index contributed by atoms with van der Waals surface area (Å²) in [6.07, 6.45) is 7.95. The Kier molecular flexibility index (Phi) is 3.33. The Labute approximate surface area is 90.8 Å². The molecule has 0 aromatic heterocycles. The van der Waals surface area contributed by atoms with Gasteiger partial charge in [-0.1, -0.05) is 36.4 Å². The van der Waals surface area contributed by atoms with Crippen LogP contribution in [0.3, 0.4) is 0 Å². The van der Waals surface area contributed by atoms with Crippen LogP contribution in [-0.4, -0.2) is 5.78 Å². The molecule has 1 saturated carbocycles. The summed E-state index contributed by atoms with van der Waals surface area (Å²) < 4.78 is 0. The fourth-order valence-corrected chi connectivity index (χ4v) is 1.60. The Morgan fingerprint density at radius 1 is 1.27 bits per heavy atom. The lowest BCUT2D eigenvalue weighted by Gasteiger charge is -1.96. The van der Waals surface area contributed by atoms with Gasteiger partial charge in [-0.15, -0.1) is 0 Å². The van der Waals surface area contributed by atoms with E-state index in [1.165, 1.54) is 5.56 Å². The van der Waals surface area contributed by atoms with Crippen LogP contribution in [0.5, 0.6) is 0 Å². The molecule has 1 aliphatic rings. The van der Waals surface area contributed by atoms with Crippen molar-refractivity contribution < 1.29 is 4.79 Å². The van der Waals surface area contributed by atoms with Gasteiger partial charge in [0.1, 0.15) is 0 Å². The van der Waals surface area contributed by atoms with Crippen LogP contribution in [0.15, 0.2) is 42.5 Å². The maximum absolute atomic E-state index is 11.3. The van der Waals surface area contributed by atoms with Gasteiger partial charge in [-0.3, -0.25) is 4.79 Å². The van der Waals surface area contributed by atoms with Gasteiger partial charge >= 0.3 is 0 Å². The molecule has 0 spiro atoms. The summed E-state index contributed by atoms with van der Waals surface area (Å²) >= 11 is 0. The molecule has 0 atom stereocenters. The zero-order valence-corrected chi connectivity index (χ0v) is 8.86. The Balaban J connectivity index is 1.72. The summed E-state index contributed by atoms with van der Waals surface area (Å²) in [5.41, 5.74) is 1.33. The molecule has 1 aromatic carbocycles. The molecular weight excluding hydrogens is 184 g/mol. The second-order valence-corrected chi connectivity index (χ2v) is 4.10. The Bertz CT molecular complexity index is 347. The summed E-state index contributed by atoms with van der Waals surface area (Å²) in [6.45, 7) is 0. The van der Waals surface area contributed by atoms with Gasteiger partial charge in [-0.05, 0) is 37.3 Å². The molecule has 15 heavy (non-hydrogen) atoms. The van der Waals surface area contributed by atoms with Crippen LogP contribution in [-0.2, 0) is 11.2 Å². The minimum absolute atomic E-state index is 0.322. The number of hydrogen-bond acceptors (Lipinski definition) is 1. The highest BCUT2D eigenvalue weighted by Gasteiger charge is 2.27. The van der Waals surface area contributed by atoms with E-state index in [2.05, 4.69) is 12.1 Å². The molecule has 0 bridgehead atoms. The van der Waals surface area contributed by atoms with Crippen molar-refractivity contribution in [3.8, 4) is 0 Å². The van der Waals surface area contributed by atoms with E-state index in [-0.39, 0.29) is 0 Å². The van der Waals surface area contributed by atoms with Crippen molar-refractivity contribution >= 4 is 5.78 Å². The Morgan fingerprint density at radius 2 is 2.00 bits per heavy atom. The van der Waals surface area contributed by atoms with Gasteiger partial charge < -0.3 is 0 Å². The molecule has 78 valence electrons. The largest absolute Gasteiger partial charge is 0.295 e. The van der Waals surface area contributed by atoms with E-state index in [0.717, 1.165) is 25.7 Å². The molecule has 0 aliphatic heterocycles. The minimum Gasteiger partial charge on any atom is -0.295 e. The van der Waals surface area contributed by atoms with Crippen LogP contribution in [0.25, 0.3) is 0 Å². The molecule has 1 nitrogen and oxygen atoms in total. The van der Waals surface area contributed by atoms with Gasteiger partial charge in [0.25, 0.3) is 0 Å². The highest BCUT2D eigenvalue weighted by atomic mass is 16.1. The lowest BCUT2D eigenvalue weighted by Crippen LogP contribution is -1.93. The number of benzene rings is 1. The molecule has 0 unspecified atom stereocenters. The number of rotatable bonds is 5. The highest BCUT2D eigenvalue weighted by molar-refractivity contribution is 5.93. The second-order valence-electron chi connectivity index (χ2n) is 4.10. The number of allylic oxidation sites excluding steroid dienone is 2. The van der Waals surface area contributed by atoms with Crippen LogP contribution < -0.4 is 0 Å². The van der Waals surface area contributed by atoms with E-state index in [4.69, 9.17) is 0 Å². The molecule has 1 aliphatic carbocycles. The number of carbonyl (C=O) groups is 1. The Hall–Kier alpha value is -1.37. The topological polar surface area (TPSA) is 17.1 Å². The fourth-order valence-electron chi connectivity index (χ4n) is 1.60. The number of aryl methyl sites for hydroxylation is 1. The average molecular weight is 200 g/mol. The van der Waals surface area contributed by atoms with Gasteiger partial charge in [0.05, 0.1) is 0 Å². The summed E-state index contributed by atoms with van der Waals surface area (Å²) in [5.74, 6) is 0.682. The van der Waals surface area contributed by atoms with Crippen molar-refractivity contribution in [3.63, 3.8) is 0 Å². The van der Waals surface area contributed by atoms with E-state index in [1.54, 1.807) is 6.08 Å². The first kappa shape index (κ1) is 10.2. The first-order valence-electron chi connectivity index (χ1n) is 5.60. The molecule has 0 saturated heterocycles. The fraction of sp³-hybridized carbons (Fsp3) is 0.357. The summed E-state index contributed by atoms with van der Waals surface area (Å²) in [5, 5.41) is 0. The van der Waals surface area contributed by atoms with Crippen LogP contribution >= 0.6 is 0 Å². The third-order valence-electron chi connectivity index (χ3n) is 2.70. The quantitative estimate of drug-likeness (QED) is 0.667. The summed E-state index contributed by atoms with van der Waals surface area (Å²) in [7, 11) is 0. The van der Waals surface area contributed by atoms with Gasteiger partial charge in [0.2, 0.25) is 0 Å². The van der Waals surface area contributed by atoms with Crippen molar-refractivity contribution in [1.29, 1.82) is 0 Å². The van der Waals surface area contributed by atoms with Crippen molar-refractivity contribution in [1.82, 2.24) is 0 Å². The van der Waals surface area contributed by atoms with Crippen LogP contribution in [0, 0.1) is 5.92 Å². The highest BCUT2D eigenvalue weighted by Crippen LogP contribution is 2.30. The van der Waals surface area contributed by atoms with Crippen LogP contribution in [0.1, 0.15) is 24.8 Å². The zero-order chi connectivity index (χ0) is 10.5. The molecule has 1 heteroatoms. The predicted molar refractivity (Wildman–Crippen MR) is 61.6 cm³/mol. The molecule has 2 rings (SSSR count). The number of ketones is 1. The third kappa shape index (κ3) is 3.35. The van der Waals surface area contributed by atoms with Gasteiger partial charge in [0, 0.05) is 5.92 Å². The molecule has 0 amide bonds. The number of carbonyl (C=O) groups excluding carboxylic acids is 1. The summed E-state index contributed by atoms with van der Waals surface area (Å²) in [6, 6.07) is 10.4. The minimum atomic E-state index is 0.322. The SMILES string of the molecule is O=C(C=CCCc1ccccc1)C1CC1.